The van der Waals surface area contributed by atoms with Crippen LogP contribution in [0.15, 0.2) is 122 Å². The van der Waals surface area contributed by atoms with Crippen molar-refractivity contribution in [3.63, 3.8) is 0 Å². The number of carbonyl (C=O) groups excluding carboxylic acids is 1. The van der Waals surface area contributed by atoms with E-state index in [1.165, 1.54) is 0 Å². The molecule has 0 aliphatic rings. The van der Waals surface area contributed by atoms with Crippen molar-refractivity contribution in [2.45, 2.75) is 5.54 Å². The van der Waals surface area contributed by atoms with Gasteiger partial charge in [0.25, 0.3) is 0 Å². The van der Waals surface area contributed by atoms with Crippen LogP contribution in [0.5, 0.6) is 0 Å². The largest absolute Gasteiger partial charge is 0.318 e. The predicted molar refractivity (Wildman–Crippen MR) is 125 cm³/mol. The third-order valence-corrected chi connectivity index (χ3v) is 5.80. The first kappa shape index (κ1) is 19.6. The molecular weight excluding hydrogens is 394 g/mol. The highest BCUT2D eigenvalue weighted by molar-refractivity contribution is 5.85. The smallest absolute Gasteiger partial charge is 0.152 e. The predicted octanol–water partition coefficient (Wildman–Crippen LogP) is 5.60. The van der Waals surface area contributed by atoms with E-state index in [-0.39, 0.29) is 0 Å². The minimum atomic E-state index is -0.636. The molecule has 3 aromatic carbocycles. The van der Waals surface area contributed by atoms with Crippen molar-refractivity contribution in [2.75, 3.05) is 0 Å². The van der Waals surface area contributed by atoms with Crippen LogP contribution < -0.4 is 0 Å². The van der Waals surface area contributed by atoms with E-state index in [2.05, 4.69) is 82.3 Å². The molecule has 4 heteroatoms. The van der Waals surface area contributed by atoms with Crippen LogP contribution in [-0.4, -0.2) is 20.8 Å². The van der Waals surface area contributed by atoms with Gasteiger partial charge in [-0.2, -0.15) is 0 Å². The second kappa shape index (κ2) is 8.44. The van der Waals surface area contributed by atoms with Gasteiger partial charge in [0.05, 0.1) is 12.0 Å². The summed E-state index contributed by atoms with van der Waals surface area (Å²) >= 11 is 0. The van der Waals surface area contributed by atoms with E-state index in [0.717, 1.165) is 34.2 Å². The zero-order valence-electron chi connectivity index (χ0n) is 17.4. The fourth-order valence-corrected chi connectivity index (χ4v) is 4.36. The number of nitrogens with zero attached hydrogens (tertiary/aromatic N) is 3. The first-order chi connectivity index (χ1) is 15.8. The third kappa shape index (κ3) is 3.22. The molecule has 5 rings (SSSR count). The van der Waals surface area contributed by atoms with Crippen LogP contribution in [0.4, 0.5) is 0 Å². The summed E-state index contributed by atoms with van der Waals surface area (Å²) < 4.78 is 2.14. The van der Waals surface area contributed by atoms with Crippen molar-refractivity contribution in [1.82, 2.24) is 14.5 Å². The number of imidazole rings is 1. The van der Waals surface area contributed by atoms with E-state index < -0.39 is 5.54 Å². The molecule has 0 atom stereocenters. The monoisotopic (exact) mass is 415 g/mol. The Morgan fingerprint density at radius 2 is 1.25 bits per heavy atom. The van der Waals surface area contributed by atoms with Crippen LogP contribution >= 0.6 is 0 Å². The van der Waals surface area contributed by atoms with Gasteiger partial charge in [0, 0.05) is 29.7 Å². The zero-order chi connectivity index (χ0) is 21.8. The molecule has 0 N–H and O–H groups in total. The highest BCUT2D eigenvalue weighted by Gasteiger charge is 2.38. The lowest BCUT2D eigenvalue weighted by atomic mass is 9.77. The van der Waals surface area contributed by atoms with Crippen molar-refractivity contribution in [3.8, 4) is 11.3 Å². The summed E-state index contributed by atoms with van der Waals surface area (Å²) in [5.41, 5.74) is 4.72. The molecular formula is C28H21N3O. The van der Waals surface area contributed by atoms with Crippen molar-refractivity contribution >= 4 is 6.29 Å². The maximum absolute atomic E-state index is 11.6. The fraction of sp³-hybridized carbons (Fsp3) is 0.0357. The Kier molecular flexibility index (Phi) is 5.18. The Bertz CT molecular complexity index is 1230. The van der Waals surface area contributed by atoms with Crippen molar-refractivity contribution in [1.29, 1.82) is 0 Å². The molecule has 32 heavy (non-hydrogen) atoms. The molecule has 0 amide bonds. The van der Waals surface area contributed by atoms with Crippen LogP contribution in [0.1, 0.15) is 27.0 Å². The Labute approximate surface area is 186 Å². The molecule has 5 aromatic rings. The van der Waals surface area contributed by atoms with Gasteiger partial charge in [0.2, 0.25) is 0 Å². The van der Waals surface area contributed by atoms with Gasteiger partial charge in [-0.3, -0.25) is 9.78 Å². The van der Waals surface area contributed by atoms with Gasteiger partial charge < -0.3 is 4.57 Å². The lowest BCUT2D eigenvalue weighted by Gasteiger charge is -2.37. The molecule has 0 unspecified atom stereocenters. The number of benzene rings is 3. The van der Waals surface area contributed by atoms with E-state index in [4.69, 9.17) is 4.98 Å². The van der Waals surface area contributed by atoms with Crippen molar-refractivity contribution in [3.05, 3.63) is 144 Å². The van der Waals surface area contributed by atoms with Gasteiger partial charge in [-0.05, 0) is 22.8 Å². The molecule has 2 heterocycles. The number of hydrogen-bond acceptors (Lipinski definition) is 3. The Morgan fingerprint density at radius 3 is 1.75 bits per heavy atom. The number of carbonyl (C=O) groups is 1. The zero-order valence-corrected chi connectivity index (χ0v) is 17.4. The lowest BCUT2D eigenvalue weighted by molar-refractivity contribution is 0.112. The summed E-state index contributed by atoms with van der Waals surface area (Å²) in [6.07, 6.45) is 7.92. The van der Waals surface area contributed by atoms with Gasteiger partial charge >= 0.3 is 0 Å². The number of pyridine rings is 1. The average molecular weight is 415 g/mol. The van der Waals surface area contributed by atoms with Gasteiger partial charge in [0.1, 0.15) is 5.54 Å². The summed E-state index contributed by atoms with van der Waals surface area (Å²) in [7, 11) is 0. The summed E-state index contributed by atoms with van der Waals surface area (Å²) in [6, 6.07) is 33.1. The minimum absolute atomic E-state index is 0.516. The highest BCUT2D eigenvalue weighted by Crippen LogP contribution is 2.41. The maximum atomic E-state index is 11.6. The number of rotatable bonds is 6. The number of hydrogen-bond donors (Lipinski definition) is 0. The van der Waals surface area contributed by atoms with E-state index in [9.17, 15) is 4.79 Å². The van der Waals surface area contributed by atoms with Crippen LogP contribution in [-0.2, 0) is 5.54 Å². The van der Waals surface area contributed by atoms with Crippen molar-refractivity contribution in [2.24, 2.45) is 0 Å². The van der Waals surface area contributed by atoms with Gasteiger partial charge in [0.15, 0.2) is 6.29 Å². The Hall–Kier alpha value is -4.31. The van der Waals surface area contributed by atoms with Gasteiger partial charge in [-0.15, -0.1) is 0 Å². The SMILES string of the molecule is O=Cc1cnccc1-c1cn(C(c2ccccc2)(c2ccccc2)c2ccccc2)cn1. The minimum Gasteiger partial charge on any atom is -0.318 e. The molecule has 0 aliphatic heterocycles. The Morgan fingerprint density at radius 1 is 0.719 bits per heavy atom. The molecule has 0 bridgehead atoms. The first-order valence-corrected chi connectivity index (χ1v) is 10.4. The molecule has 2 aromatic heterocycles. The fourth-order valence-electron chi connectivity index (χ4n) is 4.36. The third-order valence-electron chi connectivity index (χ3n) is 5.80. The number of aldehydes is 1. The highest BCUT2D eigenvalue weighted by atomic mass is 16.1. The molecule has 0 fully saturated rings. The van der Waals surface area contributed by atoms with E-state index >= 15 is 0 Å². The quantitative estimate of drug-likeness (QED) is 0.268. The molecule has 0 spiro atoms. The molecule has 0 saturated carbocycles. The molecule has 154 valence electrons. The topological polar surface area (TPSA) is 47.8 Å². The molecule has 0 saturated heterocycles. The number of aromatic nitrogens is 3. The summed E-state index contributed by atoms with van der Waals surface area (Å²) in [6.45, 7) is 0. The summed E-state index contributed by atoms with van der Waals surface area (Å²) in [5, 5.41) is 0. The molecule has 4 nitrogen and oxygen atoms in total. The summed E-state index contributed by atoms with van der Waals surface area (Å²) in [4.78, 5) is 20.4. The average Bonchev–Trinajstić information content (AvgIpc) is 3.37. The van der Waals surface area contributed by atoms with Crippen molar-refractivity contribution < 1.29 is 4.79 Å². The van der Waals surface area contributed by atoms with Crippen LogP contribution in [0, 0.1) is 0 Å². The van der Waals surface area contributed by atoms with Gasteiger partial charge in [-0.25, -0.2) is 4.98 Å². The second-order valence-electron chi connectivity index (χ2n) is 7.56. The van der Waals surface area contributed by atoms with Crippen LogP contribution in [0.3, 0.4) is 0 Å². The Balaban J connectivity index is 1.82. The lowest BCUT2D eigenvalue weighted by Crippen LogP contribution is -2.36. The first-order valence-electron chi connectivity index (χ1n) is 10.4. The summed E-state index contributed by atoms with van der Waals surface area (Å²) in [5.74, 6) is 0. The van der Waals surface area contributed by atoms with E-state index in [1.807, 2.05) is 36.8 Å². The molecule has 0 aliphatic carbocycles. The van der Waals surface area contributed by atoms with Crippen LogP contribution in [0.25, 0.3) is 11.3 Å². The standard InChI is InChI=1S/C28H21N3O/c32-20-22-18-29-17-16-26(22)27-19-31(21-30-27)28(23-10-4-1-5-11-23,24-12-6-2-7-13-24)25-14-8-3-9-15-25/h1-21H. The van der Waals surface area contributed by atoms with Gasteiger partial charge in [-0.1, -0.05) is 91.0 Å². The molecule has 0 radical (unpaired) electrons. The second-order valence-corrected chi connectivity index (χ2v) is 7.56. The van der Waals surface area contributed by atoms with Crippen LogP contribution in [0.2, 0.25) is 0 Å². The van der Waals surface area contributed by atoms with E-state index in [1.54, 1.807) is 12.4 Å². The normalized spacial score (nSPS) is 11.2. The van der Waals surface area contributed by atoms with E-state index in [0.29, 0.717) is 5.56 Å². The maximum Gasteiger partial charge on any atom is 0.152 e.